The van der Waals surface area contributed by atoms with E-state index in [1.54, 1.807) is 0 Å². The van der Waals surface area contributed by atoms with Gasteiger partial charge >= 0.3 is 0 Å². The van der Waals surface area contributed by atoms with Crippen LogP contribution in [0.3, 0.4) is 0 Å². The zero-order valence-electron chi connectivity index (χ0n) is 14.6. The Labute approximate surface area is 148 Å². The fraction of sp³-hybridized carbons (Fsp3) is 0.600. The number of amides is 2. The molecule has 5 heteroatoms. The molecule has 4 rings (SSSR count). The van der Waals surface area contributed by atoms with Crippen molar-refractivity contribution in [2.75, 3.05) is 32.8 Å². The minimum Gasteiger partial charge on any atom is -0.381 e. The molecular weight excluding hydrogens is 316 g/mol. The van der Waals surface area contributed by atoms with Crippen molar-refractivity contribution in [3.8, 4) is 0 Å². The molecule has 2 heterocycles. The van der Waals surface area contributed by atoms with Gasteiger partial charge in [-0.1, -0.05) is 18.2 Å². The normalized spacial score (nSPS) is 25.1. The third-order valence-electron chi connectivity index (χ3n) is 6.02. The summed E-state index contributed by atoms with van der Waals surface area (Å²) in [6.07, 6.45) is 4.16. The van der Waals surface area contributed by atoms with Crippen LogP contribution < -0.4 is 5.32 Å². The number of rotatable bonds is 4. The predicted octanol–water partition coefficient (Wildman–Crippen LogP) is 2.08. The van der Waals surface area contributed by atoms with Crippen LogP contribution in [0.2, 0.25) is 0 Å². The predicted molar refractivity (Wildman–Crippen MR) is 94.1 cm³/mol. The molecule has 1 saturated carbocycles. The lowest BCUT2D eigenvalue weighted by Crippen LogP contribution is -2.44. The SMILES string of the molecule is O=C(NCC1CC1)C1CN(C(=O)c2ccccc2)CC12CCOCC2. The first-order chi connectivity index (χ1) is 12.2. The smallest absolute Gasteiger partial charge is 0.253 e. The molecule has 5 nitrogen and oxygen atoms in total. The fourth-order valence-electron chi connectivity index (χ4n) is 4.22. The molecule has 2 saturated heterocycles. The molecule has 3 fully saturated rings. The highest BCUT2D eigenvalue weighted by Gasteiger charge is 2.51. The lowest BCUT2D eigenvalue weighted by molar-refractivity contribution is -0.129. The summed E-state index contributed by atoms with van der Waals surface area (Å²) in [7, 11) is 0. The Hall–Kier alpha value is -1.88. The van der Waals surface area contributed by atoms with Gasteiger partial charge in [-0.05, 0) is 43.7 Å². The summed E-state index contributed by atoms with van der Waals surface area (Å²) in [5.74, 6) is 0.696. The molecule has 1 atom stereocenters. The topological polar surface area (TPSA) is 58.6 Å². The number of nitrogens with one attached hydrogen (secondary N) is 1. The van der Waals surface area contributed by atoms with Crippen molar-refractivity contribution in [3.63, 3.8) is 0 Å². The van der Waals surface area contributed by atoms with E-state index in [-0.39, 0.29) is 23.1 Å². The molecule has 2 amide bonds. The summed E-state index contributed by atoms with van der Waals surface area (Å²) in [5, 5.41) is 3.14. The third-order valence-corrected chi connectivity index (χ3v) is 6.02. The van der Waals surface area contributed by atoms with Gasteiger partial charge < -0.3 is 15.0 Å². The summed E-state index contributed by atoms with van der Waals surface area (Å²) < 4.78 is 5.54. The molecule has 0 aromatic heterocycles. The Kier molecular flexibility index (Phi) is 4.50. The summed E-state index contributed by atoms with van der Waals surface area (Å²) in [6.45, 7) is 3.32. The van der Waals surface area contributed by atoms with Crippen LogP contribution in [0.5, 0.6) is 0 Å². The number of carbonyl (C=O) groups excluding carboxylic acids is 2. The van der Waals surface area contributed by atoms with Gasteiger partial charge in [0, 0.05) is 43.8 Å². The van der Waals surface area contributed by atoms with Crippen LogP contribution in [0.1, 0.15) is 36.0 Å². The minimum absolute atomic E-state index is 0.0314. The lowest BCUT2D eigenvalue weighted by atomic mass is 9.71. The highest BCUT2D eigenvalue weighted by Crippen LogP contribution is 2.45. The maximum absolute atomic E-state index is 12.9. The first kappa shape index (κ1) is 16.6. The maximum Gasteiger partial charge on any atom is 0.253 e. The van der Waals surface area contributed by atoms with E-state index < -0.39 is 0 Å². The van der Waals surface area contributed by atoms with Crippen molar-refractivity contribution in [3.05, 3.63) is 35.9 Å². The van der Waals surface area contributed by atoms with E-state index in [2.05, 4.69) is 5.32 Å². The number of hydrogen-bond acceptors (Lipinski definition) is 3. The molecule has 1 unspecified atom stereocenters. The van der Waals surface area contributed by atoms with Crippen molar-refractivity contribution >= 4 is 11.8 Å². The maximum atomic E-state index is 12.9. The van der Waals surface area contributed by atoms with E-state index in [4.69, 9.17) is 4.74 Å². The van der Waals surface area contributed by atoms with Crippen molar-refractivity contribution in [2.24, 2.45) is 17.3 Å². The van der Waals surface area contributed by atoms with Crippen LogP contribution in [0, 0.1) is 17.3 Å². The van der Waals surface area contributed by atoms with Gasteiger partial charge in [0.25, 0.3) is 5.91 Å². The summed E-state index contributed by atoms with van der Waals surface area (Å²) in [5.41, 5.74) is 0.569. The molecule has 0 bridgehead atoms. The number of carbonyl (C=O) groups is 2. The third kappa shape index (κ3) is 3.43. The zero-order chi connectivity index (χ0) is 17.3. The van der Waals surface area contributed by atoms with Crippen molar-refractivity contribution in [2.45, 2.75) is 25.7 Å². The molecule has 3 aliphatic rings. The van der Waals surface area contributed by atoms with E-state index in [9.17, 15) is 9.59 Å². The second-order valence-corrected chi connectivity index (χ2v) is 7.77. The van der Waals surface area contributed by atoms with E-state index >= 15 is 0 Å². The van der Waals surface area contributed by atoms with Crippen LogP contribution in [0.4, 0.5) is 0 Å². The number of nitrogens with zero attached hydrogens (tertiary/aromatic N) is 1. The second kappa shape index (κ2) is 6.79. The Balaban J connectivity index is 1.51. The first-order valence-electron chi connectivity index (χ1n) is 9.38. The lowest BCUT2D eigenvalue weighted by Gasteiger charge is -2.37. The zero-order valence-corrected chi connectivity index (χ0v) is 14.6. The average Bonchev–Trinajstić information content (AvgIpc) is 3.42. The van der Waals surface area contributed by atoms with Gasteiger partial charge in [-0.15, -0.1) is 0 Å². The Bertz CT molecular complexity index is 636. The Morgan fingerprint density at radius 1 is 1.16 bits per heavy atom. The van der Waals surface area contributed by atoms with Crippen molar-refractivity contribution in [1.29, 1.82) is 0 Å². The van der Waals surface area contributed by atoms with Crippen molar-refractivity contribution in [1.82, 2.24) is 10.2 Å². The molecule has 1 N–H and O–H groups in total. The monoisotopic (exact) mass is 342 g/mol. The van der Waals surface area contributed by atoms with Gasteiger partial charge in [-0.25, -0.2) is 0 Å². The Morgan fingerprint density at radius 2 is 1.88 bits per heavy atom. The summed E-state index contributed by atoms with van der Waals surface area (Å²) >= 11 is 0. The van der Waals surface area contributed by atoms with Crippen LogP contribution >= 0.6 is 0 Å². The molecule has 2 aliphatic heterocycles. The standard InChI is InChI=1S/C20H26N2O3/c23-18(21-12-15-6-7-15)17-13-22(14-20(17)8-10-25-11-9-20)19(24)16-4-2-1-3-5-16/h1-5,15,17H,6-14H2,(H,21,23). The van der Waals surface area contributed by atoms with Gasteiger partial charge in [0.15, 0.2) is 0 Å². The van der Waals surface area contributed by atoms with E-state index in [0.29, 0.717) is 37.8 Å². The molecule has 1 spiro atoms. The minimum atomic E-state index is -0.129. The number of ether oxygens (including phenoxy) is 1. The second-order valence-electron chi connectivity index (χ2n) is 7.77. The molecule has 1 aliphatic carbocycles. The van der Waals surface area contributed by atoms with Crippen molar-refractivity contribution < 1.29 is 14.3 Å². The van der Waals surface area contributed by atoms with Crippen LogP contribution in [0.25, 0.3) is 0 Å². The van der Waals surface area contributed by atoms with Gasteiger partial charge in [0.2, 0.25) is 5.91 Å². The highest BCUT2D eigenvalue weighted by atomic mass is 16.5. The molecule has 134 valence electrons. The number of likely N-dealkylation sites (tertiary alicyclic amines) is 1. The quantitative estimate of drug-likeness (QED) is 0.911. The van der Waals surface area contributed by atoms with E-state index in [1.165, 1.54) is 12.8 Å². The van der Waals surface area contributed by atoms with Gasteiger partial charge in [0.05, 0.1) is 5.92 Å². The average molecular weight is 342 g/mol. The Morgan fingerprint density at radius 3 is 2.56 bits per heavy atom. The highest BCUT2D eigenvalue weighted by molar-refractivity contribution is 5.95. The van der Waals surface area contributed by atoms with Gasteiger partial charge in [-0.3, -0.25) is 9.59 Å². The van der Waals surface area contributed by atoms with E-state index in [1.807, 2.05) is 35.2 Å². The number of benzene rings is 1. The molecule has 1 aromatic rings. The van der Waals surface area contributed by atoms with Crippen LogP contribution in [-0.4, -0.2) is 49.6 Å². The molecular formula is C20H26N2O3. The van der Waals surface area contributed by atoms with Crippen LogP contribution in [-0.2, 0) is 9.53 Å². The first-order valence-corrected chi connectivity index (χ1v) is 9.38. The largest absolute Gasteiger partial charge is 0.381 e. The number of hydrogen-bond donors (Lipinski definition) is 1. The fourth-order valence-corrected chi connectivity index (χ4v) is 4.22. The molecule has 25 heavy (non-hydrogen) atoms. The van der Waals surface area contributed by atoms with Gasteiger partial charge in [0.1, 0.15) is 0 Å². The molecule has 1 aromatic carbocycles. The van der Waals surface area contributed by atoms with Crippen LogP contribution in [0.15, 0.2) is 30.3 Å². The summed E-state index contributed by atoms with van der Waals surface area (Å²) in [4.78, 5) is 27.6. The van der Waals surface area contributed by atoms with Gasteiger partial charge in [-0.2, -0.15) is 0 Å². The summed E-state index contributed by atoms with van der Waals surface area (Å²) in [6, 6.07) is 9.37. The van der Waals surface area contributed by atoms with E-state index in [0.717, 1.165) is 19.4 Å². The molecule has 0 radical (unpaired) electrons.